The second-order valence-electron chi connectivity index (χ2n) is 4.88. The van der Waals surface area contributed by atoms with Crippen molar-refractivity contribution in [3.05, 3.63) is 11.4 Å². The summed E-state index contributed by atoms with van der Waals surface area (Å²) >= 11 is 0. The van der Waals surface area contributed by atoms with E-state index >= 15 is 0 Å². The van der Waals surface area contributed by atoms with Gasteiger partial charge in [0.2, 0.25) is 0 Å². The molecule has 1 heterocycles. The van der Waals surface area contributed by atoms with Crippen LogP contribution in [0.1, 0.15) is 45.0 Å². The molecule has 5 nitrogen and oxygen atoms in total. The molecule has 0 aromatic carbocycles. The molecule has 1 rings (SSSR count). The topological polar surface area (TPSA) is 67.1 Å². The summed E-state index contributed by atoms with van der Waals surface area (Å²) in [5.74, 6) is 8.23. The second kappa shape index (κ2) is 5.31. The summed E-state index contributed by atoms with van der Waals surface area (Å²) in [5, 5.41) is 0. The minimum absolute atomic E-state index is 0.280. The molecule has 0 atom stereocenters. The summed E-state index contributed by atoms with van der Waals surface area (Å²) in [6, 6.07) is 0.384. The molecule has 0 radical (unpaired) electrons. The van der Waals surface area contributed by atoms with Gasteiger partial charge in [0, 0.05) is 24.6 Å². The fraction of sp³-hybridized carbons (Fsp3) is 0.667. The SMILES string of the molecule is Cc1c(NN)nc(C(C)C)nc1N(C)C(C)C. The summed E-state index contributed by atoms with van der Waals surface area (Å²) in [5.41, 5.74) is 3.63. The first-order chi connectivity index (χ1) is 7.88. The molecular formula is C12H23N5. The highest BCUT2D eigenvalue weighted by atomic mass is 15.3. The van der Waals surface area contributed by atoms with Gasteiger partial charge in [-0.1, -0.05) is 13.8 Å². The average Bonchev–Trinajstić information content (AvgIpc) is 2.27. The van der Waals surface area contributed by atoms with Crippen molar-refractivity contribution in [3.8, 4) is 0 Å². The van der Waals surface area contributed by atoms with Crippen LogP contribution in [0.4, 0.5) is 11.6 Å². The molecule has 0 aliphatic heterocycles. The Kier molecular flexibility index (Phi) is 4.28. The number of hydrazine groups is 1. The van der Waals surface area contributed by atoms with Gasteiger partial charge < -0.3 is 10.3 Å². The zero-order chi connectivity index (χ0) is 13.2. The molecule has 0 aliphatic rings. The number of hydrogen-bond acceptors (Lipinski definition) is 5. The Balaban J connectivity index is 3.32. The first kappa shape index (κ1) is 13.7. The molecule has 96 valence electrons. The van der Waals surface area contributed by atoms with Gasteiger partial charge in [-0.05, 0) is 20.8 Å². The van der Waals surface area contributed by atoms with Gasteiger partial charge in [0.1, 0.15) is 17.5 Å². The van der Waals surface area contributed by atoms with Crippen molar-refractivity contribution < 1.29 is 0 Å². The molecule has 3 N–H and O–H groups in total. The van der Waals surface area contributed by atoms with Gasteiger partial charge in [-0.25, -0.2) is 15.8 Å². The van der Waals surface area contributed by atoms with Crippen molar-refractivity contribution in [2.24, 2.45) is 5.84 Å². The van der Waals surface area contributed by atoms with Crippen LogP contribution in [0.3, 0.4) is 0 Å². The molecule has 0 bridgehead atoms. The molecule has 0 spiro atoms. The summed E-state index contributed by atoms with van der Waals surface area (Å²) < 4.78 is 0. The van der Waals surface area contributed by atoms with Gasteiger partial charge in [0.05, 0.1) is 0 Å². The number of nitrogens with zero attached hydrogens (tertiary/aromatic N) is 3. The molecule has 0 amide bonds. The van der Waals surface area contributed by atoms with Crippen LogP contribution in [0.25, 0.3) is 0 Å². The van der Waals surface area contributed by atoms with Gasteiger partial charge in [0.15, 0.2) is 0 Å². The minimum atomic E-state index is 0.280. The van der Waals surface area contributed by atoms with E-state index in [1.807, 2.05) is 14.0 Å². The van der Waals surface area contributed by atoms with Crippen molar-refractivity contribution in [1.29, 1.82) is 0 Å². The highest BCUT2D eigenvalue weighted by Gasteiger charge is 2.16. The predicted molar refractivity (Wildman–Crippen MR) is 72.2 cm³/mol. The summed E-state index contributed by atoms with van der Waals surface area (Å²) in [6.07, 6.45) is 0. The van der Waals surface area contributed by atoms with Crippen LogP contribution >= 0.6 is 0 Å². The fourth-order valence-electron chi connectivity index (χ4n) is 1.51. The number of nitrogen functional groups attached to an aromatic ring is 1. The van der Waals surface area contributed by atoms with Gasteiger partial charge >= 0.3 is 0 Å². The Hall–Kier alpha value is -1.36. The first-order valence-corrected chi connectivity index (χ1v) is 5.96. The van der Waals surface area contributed by atoms with E-state index in [0.717, 1.165) is 17.2 Å². The van der Waals surface area contributed by atoms with E-state index in [1.54, 1.807) is 0 Å². The van der Waals surface area contributed by atoms with Crippen molar-refractivity contribution in [2.45, 2.75) is 46.6 Å². The Morgan fingerprint density at radius 2 is 1.76 bits per heavy atom. The summed E-state index contributed by atoms with van der Waals surface area (Å²) in [6.45, 7) is 10.4. The van der Waals surface area contributed by atoms with E-state index < -0.39 is 0 Å². The van der Waals surface area contributed by atoms with E-state index in [1.165, 1.54) is 0 Å². The predicted octanol–water partition coefficient (Wildman–Crippen LogP) is 2.04. The maximum atomic E-state index is 5.51. The number of nitrogens with one attached hydrogen (secondary N) is 1. The molecule has 0 aliphatic carbocycles. The molecular weight excluding hydrogens is 214 g/mol. The molecule has 0 fully saturated rings. The number of anilines is 2. The largest absolute Gasteiger partial charge is 0.357 e. The Labute approximate surface area is 103 Å². The standard InChI is InChI=1S/C12H23N5/c1-7(2)10-14-11(16-13)9(5)12(15-10)17(6)8(3)4/h7-8H,13H2,1-6H3,(H,14,15,16). The fourth-order valence-corrected chi connectivity index (χ4v) is 1.51. The Morgan fingerprint density at radius 1 is 1.18 bits per heavy atom. The lowest BCUT2D eigenvalue weighted by Gasteiger charge is -2.26. The van der Waals surface area contributed by atoms with Gasteiger partial charge in [0.25, 0.3) is 0 Å². The quantitative estimate of drug-likeness (QED) is 0.619. The Bertz CT molecular complexity index is 387. The number of nitrogens with two attached hydrogens (primary N) is 1. The van der Waals surface area contributed by atoms with Gasteiger partial charge in [-0.3, -0.25) is 0 Å². The minimum Gasteiger partial charge on any atom is -0.357 e. The molecule has 0 saturated heterocycles. The van der Waals surface area contributed by atoms with E-state index in [-0.39, 0.29) is 5.92 Å². The summed E-state index contributed by atoms with van der Waals surface area (Å²) in [7, 11) is 2.03. The highest BCUT2D eigenvalue weighted by molar-refractivity contribution is 5.58. The third-order valence-electron chi connectivity index (χ3n) is 2.90. The maximum absolute atomic E-state index is 5.51. The van der Waals surface area contributed by atoms with E-state index in [2.05, 4.69) is 48.0 Å². The summed E-state index contributed by atoms with van der Waals surface area (Å²) in [4.78, 5) is 11.2. The van der Waals surface area contributed by atoms with Crippen LogP contribution < -0.4 is 16.2 Å². The molecule has 1 aromatic heterocycles. The van der Waals surface area contributed by atoms with Crippen molar-refractivity contribution in [1.82, 2.24) is 9.97 Å². The van der Waals surface area contributed by atoms with Crippen LogP contribution in [0, 0.1) is 6.92 Å². The third kappa shape index (κ3) is 2.85. The second-order valence-corrected chi connectivity index (χ2v) is 4.88. The van der Waals surface area contributed by atoms with Crippen LogP contribution in [0.15, 0.2) is 0 Å². The molecule has 17 heavy (non-hydrogen) atoms. The average molecular weight is 237 g/mol. The monoisotopic (exact) mass is 237 g/mol. The highest BCUT2D eigenvalue weighted by Crippen LogP contribution is 2.25. The number of hydrogen-bond donors (Lipinski definition) is 2. The molecule has 0 saturated carbocycles. The van der Waals surface area contributed by atoms with Gasteiger partial charge in [-0.15, -0.1) is 0 Å². The normalized spacial score (nSPS) is 11.1. The zero-order valence-electron chi connectivity index (χ0n) is 11.6. The molecule has 1 aromatic rings. The Morgan fingerprint density at radius 3 is 2.18 bits per heavy atom. The lowest BCUT2D eigenvalue weighted by atomic mass is 10.2. The van der Waals surface area contributed by atoms with Crippen LogP contribution in [-0.2, 0) is 0 Å². The smallest absolute Gasteiger partial charge is 0.148 e. The van der Waals surface area contributed by atoms with E-state index in [0.29, 0.717) is 11.9 Å². The van der Waals surface area contributed by atoms with Crippen LogP contribution in [0.5, 0.6) is 0 Å². The maximum Gasteiger partial charge on any atom is 0.148 e. The van der Waals surface area contributed by atoms with E-state index in [4.69, 9.17) is 5.84 Å². The first-order valence-electron chi connectivity index (χ1n) is 5.96. The van der Waals surface area contributed by atoms with Crippen LogP contribution in [-0.4, -0.2) is 23.1 Å². The number of aromatic nitrogens is 2. The van der Waals surface area contributed by atoms with Gasteiger partial charge in [-0.2, -0.15) is 0 Å². The van der Waals surface area contributed by atoms with Crippen molar-refractivity contribution in [3.63, 3.8) is 0 Å². The third-order valence-corrected chi connectivity index (χ3v) is 2.90. The lowest BCUT2D eigenvalue weighted by molar-refractivity contribution is 0.715. The lowest BCUT2D eigenvalue weighted by Crippen LogP contribution is -2.28. The molecule has 5 heteroatoms. The molecule has 0 unspecified atom stereocenters. The van der Waals surface area contributed by atoms with Crippen molar-refractivity contribution in [2.75, 3.05) is 17.4 Å². The number of rotatable bonds is 4. The van der Waals surface area contributed by atoms with Crippen molar-refractivity contribution >= 4 is 11.6 Å². The van der Waals surface area contributed by atoms with Crippen LogP contribution in [0.2, 0.25) is 0 Å². The zero-order valence-corrected chi connectivity index (χ0v) is 11.6. The van der Waals surface area contributed by atoms with E-state index in [9.17, 15) is 0 Å².